The quantitative estimate of drug-likeness (QED) is 0.587. The summed E-state index contributed by atoms with van der Waals surface area (Å²) in [5.41, 5.74) is 1.48. The van der Waals surface area contributed by atoms with Gasteiger partial charge in [-0.3, -0.25) is 14.5 Å². The maximum absolute atomic E-state index is 13.2. The maximum atomic E-state index is 13.2. The number of benzene rings is 3. The van der Waals surface area contributed by atoms with Crippen molar-refractivity contribution >= 4 is 28.6 Å². The van der Waals surface area contributed by atoms with Gasteiger partial charge >= 0.3 is 6.03 Å². The molecule has 1 heterocycles. The molecule has 0 spiro atoms. The number of amides is 4. The molecule has 164 valence electrons. The summed E-state index contributed by atoms with van der Waals surface area (Å²) in [6, 6.07) is 18.4. The van der Waals surface area contributed by atoms with Crippen LogP contribution in [0.5, 0.6) is 5.75 Å². The smallest absolute Gasteiger partial charge is 0.325 e. The van der Waals surface area contributed by atoms with Gasteiger partial charge in [0.1, 0.15) is 17.8 Å². The molecule has 1 saturated heterocycles. The Kier molecular flexibility index (Phi) is 5.57. The first-order valence-electron chi connectivity index (χ1n) is 10.3. The van der Waals surface area contributed by atoms with Gasteiger partial charge in [0.05, 0.1) is 7.11 Å². The summed E-state index contributed by atoms with van der Waals surface area (Å²) in [6.45, 7) is 3.64. The highest BCUT2D eigenvalue weighted by atomic mass is 16.5. The summed E-state index contributed by atoms with van der Waals surface area (Å²) < 4.78 is 5.25. The zero-order valence-electron chi connectivity index (χ0n) is 18.3. The Morgan fingerprint density at radius 1 is 1.03 bits per heavy atom. The van der Waals surface area contributed by atoms with Crippen molar-refractivity contribution in [1.29, 1.82) is 0 Å². The van der Waals surface area contributed by atoms with Crippen LogP contribution in [0.2, 0.25) is 0 Å². The number of hydrogen-bond donors (Lipinski definition) is 2. The maximum Gasteiger partial charge on any atom is 0.325 e. The summed E-state index contributed by atoms with van der Waals surface area (Å²) in [4.78, 5) is 39.1. The molecular weight excluding hydrogens is 406 g/mol. The van der Waals surface area contributed by atoms with Crippen LogP contribution >= 0.6 is 0 Å². The lowest BCUT2D eigenvalue weighted by Crippen LogP contribution is -2.43. The summed E-state index contributed by atoms with van der Waals surface area (Å²) >= 11 is 0. The number of nitrogens with zero attached hydrogens (tertiary/aromatic N) is 1. The molecule has 1 fully saturated rings. The molecule has 3 aromatic rings. The van der Waals surface area contributed by atoms with Crippen molar-refractivity contribution in [2.75, 3.05) is 13.7 Å². The Hall–Kier alpha value is -3.87. The van der Waals surface area contributed by atoms with Gasteiger partial charge in [-0.2, -0.15) is 0 Å². The fourth-order valence-electron chi connectivity index (χ4n) is 3.80. The number of imide groups is 1. The van der Waals surface area contributed by atoms with Crippen LogP contribution in [0, 0.1) is 6.92 Å². The fourth-order valence-corrected chi connectivity index (χ4v) is 3.80. The zero-order chi connectivity index (χ0) is 22.9. The third kappa shape index (κ3) is 4.01. The van der Waals surface area contributed by atoms with Gasteiger partial charge in [0.15, 0.2) is 0 Å². The second kappa shape index (κ2) is 8.34. The van der Waals surface area contributed by atoms with E-state index in [-0.39, 0.29) is 6.54 Å². The average molecular weight is 431 g/mol. The van der Waals surface area contributed by atoms with Crippen LogP contribution < -0.4 is 15.4 Å². The van der Waals surface area contributed by atoms with E-state index in [2.05, 4.69) is 10.6 Å². The van der Waals surface area contributed by atoms with Crippen LogP contribution in [0.3, 0.4) is 0 Å². The Balaban J connectivity index is 1.48. The van der Waals surface area contributed by atoms with Gasteiger partial charge in [-0.1, -0.05) is 48.0 Å². The number of nitrogens with one attached hydrogen (secondary N) is 2. The Morgan fingerprint density at radius 2 is 1.72 bits per heavy atom. The van der Waals surface area contributed by atoms with Crippen LogP contribution in [-0.4, -0.2) is 36.4 Å². The first-order chi connectivity index (χ1) is 15.3. The number of hydrogen-bond acceptors (Lipinski definition) is 4. The van der Waals surface area contributed by atoms with E-state index in [1.54, 1.807) is 20.1 Å². The third-order valence-corrected chi connectivity index (χ3v) is 5.81. The Bertz CT molecular complexity index is 1210. The second-order valence-corrected chi connectivity index (χ2v) is 8.14. The molecule has 4 rings (SSSR count). The molecule has 32 heavy (non-hydrogen) atoms. The minimum absolute atomic E-state index is 0.328. The summed E-state index contributed by atoms with van der Waals surface area (Å²) in [6.07, 6.45) is 0. The fraction of sp³-hybridized carbons (Fsp3) is 0.240. The van der Waals surface area contributed by atoms with Gasteiger partial charge in [-0.25, -0.2) is 4.79 Å². The molecule has 0 unspecified atom stereocenters. The minimum Gasteiger partial charge on any atom is -0.497 e. The van der Waals surface area contributed by atoms with Crippen molar-refractivity contribution in [3.8, 4) is 5.75 Å². The highest BCUT2D eigenvalue weighted by molar-refractivity contribution is 6.09. The molecule has 0 aromatic heterocycles. The van der Waals surface area contributed by atoms with Gasteiger partial charge in [-0.05, 0) is 53.9 Å². The summed E-state index contributed by atoms with van der Waals surface area (Å²) in [7, 11) is 1.61. The predicted molar refractivity (Wildman–Crippen MR) is 121 cm³/mol. The number of carbonyl (C=O) groups is 3. The number of carbonyl (C=O) groups excluding carboxylic acids is 3. The lowest BCUT2D eigenvalue weighted by Gasteiger charge is -2.22. The van der Waals surface area contributed by atoms with E-state index in [1.165, 1.54) is 0 Å². The topological polar surface area (TPSA) is 87.7 Å². The third-order valence-electron chi connectivity index (χ3n) is 5.81. The van der Waals surface area contributed by atoms with Gasteiger partial charge in [0, 0.05) is 6.54 Å². The van der Waals surface area contributed by atoms with Gasteiger partial charge in [0.25, 0.3) is 5.91 Å². The molecule has 4 amide bonds. The van der Waals surface area contributed by atoms with E-state index >= 15 is 0 Å². The summed E-state index contributed by atoms with van der Waals surface area (Å²) in [5, 5.41) is 7.39. The Morgan fingerprint density at radius 3 is 2.44 bits per heavy atom. The number of ether oxygens (including phenoxy) is 1. The molecule has 0 aliphatic carbocycles. The molecule has 0 bridgehead atoms. The lowest BCUT2D eigenvalue weighted by atomic mass is 9.90. The highest BCUT2D eigenvalue weighted by Crippen LogP contribution is 2.31. The van der Waals surface area contributed by atoms with Crippen molar-refractivity contribution in [2.45, 2.75) is 25.9 Å². The van der Waals surface area contributed by atoms with E-state index < -0.39 is 23.4 Å². The number of rotatable bonds is 6. The predicted octanol–water partition coefficient (Wildman–Crippen LogP) is 3.24. The van der Waals surface area contributed by atoms with Crippen LogP contribution in [-0.2, 0) is 21.7 Å². The summed E-state index contributed by atoms with van der Waals surface area (Å²) in [5.74, 6) is -0.116. The van der Waals surface area contributed by atoms with E-state index in [1.807, 2.05) is 61.5 Å². The van der Waals surface area contributed by atoms with Crippen molar-refractivity contribution in [3.63, 3.8) is 0 Å². The molecule has 7 heteroatoms. The number of methoxy groups -OCH3 is 1. The molecule has 7 nitrogen and oxygen atoms in total. The van der Waals surface area contributed by atoms with Gasteiger partial charge in [0.2, 0.25) is 5.91 Å². The standard InChI is InChI=1S/C25H25N3O4/c1-16-4-6-17(7-5-16)14-26-22(29)15-28-23(30)25(2,27-24(28)31)20-10-8-19-13-21(32-3)11-9-18(19)12-20/h4-13H,14-15H2,1-3H3,(H,26,29)(H,27,31)/t25-/m0/s1. The van der Waals surface area contributed by atoms with Crippen LogP contribution in [0.25, 0.3) is 10.8 Å². The number of urea groups is 1. The molecule has 1 atom stereocenters. The molecular formula is C25H25N3O4. The SMILES string of the molecule is COc1ccc2cc([C@]3(C)NC(=O)N(CC(=O)NCc4ccc(C)cc4)C3=O)ccc2c1. The van der Waals surface area contributed by atoms with Crippen LogP contribution in [0.4, 0.5) is 4.79 Å². The number of fused-ring (bicyclic) bond motifs is 1. The second-order valence-electron chi connectivity index (χ2n) is 8.14. The molecule has 1 aliphatic rings. The minimum atomic E-state index is -1.25. The van der Waals surface area contributed by atoms with Crippen molar-refractivity contribution in [2.24, 2.45) is 0 Å². The largest absolute Gasteiger partial charge is 0.497 e. The van der Waals surface area contributed by atoms with Crippen LogP contribution in [0.1, 0.15) is 23.6 Å². The molecule has 3 aromatic carbocycles. The van der Waals surface area contributed by atoms with E-state index in [9.17, 15) is 14.4 Å². The normalized spacial score (nSPS) is 18.0. The molecule has 2 N–H and O–H groups in total. The van der Waals surface area contributed by atoms with E-state index in [0.717, 1.165) is 32.5 Å². The lowest BCUT2D eigenvalue weighted by molar-refractivity contribution is -0.134. The Labute approximate surface area is 186 Å². The van der Waals surface area contributed by atoms with Gasteiger partial charge < -0.3 is 15.4 Å². The first-order valence-corrected chi connectivity index (χ1v) is 10.3. The average Bonchev–Trinajstić information content (AvgIpc) is 3.01. The van der Waals surface area contributed by atoms with Crippen molar-refractivity contribution < 1.29 is 19.1 Å². The zero-order valence-corrected chi connectivity index (χ0v) is 18.3. The first kappa shape index (κ1) is 21.4. The monoisotopic (exact) mass is 431 g/mol. The van der Waals surface area contributed by atoms with Gasteiger partial charge in [-0.15, -0.1) is 0 Å². The van der Waals surface area contributed by atoms with E-state index in [0.29, 0.717) is 12.1 Å². The highest BCUT2D eigenvalue weighted by Gasteiger charge is 2.49. The van der Waals surface area contributed by atoms with Crippen molar-refractivity contribution in [3.05, 3.63) is 77.4 Å². The van der Waals surface area contributed by atoms with E-state index in [4.69, 9.17) is 4.74 Å². The van der Waals surface area contributed by atoms with Crippen molar-refractivity contribution in [1.82, 2.24) is 15.5 Å². The number of aryl methyl sites for hydroxylation is 1. The molecule has 0 saturated carbocycles. The molecule has 0 radical (unpaired) electrons. The van der Waals surface area contributed by atoms with Crippen LogP contribution in [0.15, 0.2) is 60.7 Å². The molecule has 1 aliphatic heterocycles.